The summed E-state index contributed by atoms with van der Waals surface area (Å²) < 4.78 is 31.1. The Balaban J connectivity index is 2.11. The molecule has 1 N–H and O–H groups in total. The van der Waals surface area contributed by atoms with E-state index in [-0.39, 0.29) is 10.8 Å². The molecule has 0 saturated heterocycles. The molecule has 0 amide bonds. The molecule has 2 aromatic heterocycles. The number of nitrogens with one attached hydrogen (secondary N) is 1. The number of rotatable bonds is 4. The van der Waals surface area contributed by atoms with E-state index in [9.17, 15) is 8.42 Å². The Morgan fingerprint density at radius 1 is 1.41 bits per heavy atom. The van der Waals surface area contributed by atoms with Gasteiger partial charge in [0.2, 0.25) is 0 Å². The second-order valence-corrected chi connectivity index (χ2v) is 6.21. The van der Waals surface area contributed by atoms with E-state index in [0.717, 1.165) is 11.3 Å². The van der Waals surface area contributed by atoms with Gasteiger partial charge in [-0.25, -0.2) is 13.1 Å². The van der Waals surface area contributed by atoms with Crippen molar-refractivity contribution in [2.24, 2.45) is 0 Å². The summed E-state index contributed by atoms with van der Waals surface area (Å²) in [7, 11) is -3.57. The van der Waals surface area contributed by atoms with Crippen LogP contribution in [0.25, 0.3) is 0 Å². The molecule has 0 fully saturated rings. The molecule has 2 heterocycles. The van der Waals surface area contributed by atoms with E-state index in [0.29, 0.717) is 10.6 Å². The van der Waals surface area contributed by atoms with Gasteiger partial charge in [0.15, 0.2) is 0 Å². The lowest BCUT2D eigenvalue weighted by Gasteiger charge is -2.01. The Bertz CT molecular complexity index is 635. The van der Waals surface area contributed by atoms with Crippen LogP contribution in [0, 0.1) is 11.3 Å². The van der Waals surface area contributed by atoms with Crippen LogP contribution in [-0.2, 0) is 16.6 Å². The fourth-order valence-electron chi connectivity index (χ4n) is 1.18. The van der Waals surface area contributed by atoms with Crippen LogP contribution < -0.4 is 4.72 Å². The molecule has 0 spiro atoms. The zero-order valence-electron chi connectivity index (χ0n) is 8.58. The third-order valence-corrected chi connectivity index (χ3v) is 4.86. The fraction of sp³-hybridized carbons (Fsp3) is 0.100. The standard InChI is InChI=1S/C10H8N2O3S2/c11-6-9-3-4-10(16-9)17(13,14)12-7-8-2-1-5-15-8/h1-5,12H,7H2. The van der Waals surface area contributed by atoms with Crippen LogP contribution in [0.3, 0.4) is 0 Å². The molecule has 0 aliphatic carbocycles. The molecule has 2 aromatic rings. The molecule has 0 atom stereocenters. The highest BCUT2D eigenvalue weighted by Gasteiger charge is 2.16. The normalized spacial score (nSPS) is 11.2. The van der Waals surface area contributed by atoms with Crippen molar-refractivity contribution >= 4 is 21.4 Å². The van der Waals surface area contributed by atoms with E-state index in [2.05, 4.69) is 4.72 Å². The minimum absolute atomic E-state index is 0.0924. The topological polar surface area (TPSA) is 83.1 Å². The van der Waals surface area contributed by atoms with Crippen LogP contribution in [0.4, 0.5) is 0 Å². The first-order chi connectivity index (χ1) is 8.12. The number of furan rings is 1. The van der Waals surface area contributed by atoms with Gasteiger partial charge in [-0.1, -0.05) is 0 Å². The van der Waals surface area contributed by atoms with Crippen LogP contribution in [0.1, 0.15) is 10.6 Å². The van der Waals surface area contributed by atoms with E-state index < -0.39 is 10.0 Å². The minimum atomic E-state index is -3.57. The van der Waals surface area contributed by atoms with Crippen molar-refractivity contribution in [3.63, 3.8) is 0 Å². The van der Waals surface area contributed by atoms with Crippen molar-refractivity contribution in [3.05, 3.63) is 41.2 Å². The molecular formula is C10H8N2O3S2. The molecular weight excluding hydrogens is 260 g/mol. The van der Waals surface area contributed by atoms with Crippen LogP contribution in [0.15, 0.2) is 39.2 Å². The maximum atomic E-state index is 11.8. The summed E-state index contributed by atoms with van der Waals surface area (Å²) in [5.74, 6) is 0.533. The summed E-state index contributed by atoms with van der Waals surface area (Å²) in [6, 6.07) is 8.15. The summed E-state index contributed by atoms with van der Waals surface area (Å²) in [6.07, 6.45) is 1.47. The number of nitriles is 1. The number of nitrogens with zero attached hydrogens (tertiary/aromatic N) is 1. The van der Waals surface area contributed by atoms with Gasteiger partial charge in [0.05, 0.1) is 12.8 Å². The van der Waals surface area contributed by atoms with Gasteiger partial charge in [-0.2, -0.15) is 5.26 Å². The average Bonchev–Trinajstić information content (AvgIpc) is 2.98. The van der Waals surface area contributed by atoms with Crippen LogP contribution in [0.5, 0.6) is 0 Å². The van der Waals surface area contributed by atoms with E-state index >= 15 is 0 Å². The monoisotopic (exact) mass is 268 g/mol. The largest absolute Gasteiger partial charge is 0.468 e. The van der Waals surface area contributed by atoms with Crippen molar-refractivity contribution in [2.75, 3.05) is 0 Å². The summed E-state index contributed by atoms with van der Waals surface area (Å²) in [6.45, 7) is 0.0924. The molecule has 0 unspecified atom stereocenters. The van der Waals surface area contributed by atoms with Gasteiger partial charge < -0.3 is 4.42 Å². The molecule has 0 radical (unpaired) electrons. The van der Waals surface area contributed by atoms with Crippen molar-refractivity contribution in [1.29, 1.82) is 5.26 Å². The second-order valence-electron chi connectivity index (χ2n) is 3.13. The molecule has 88 valence electrons. The molecule has 5 nitrogen and oxygen atoms in total. The first-order valence-electron chi connectivity index (χ1n) is 4.64. The second kappa shape index (κ2) is 4.71. The molecule has 0 aliphatic heterocycles. The van der Waals surface area contributed by atoms with Crippen LogP contribution in [0.2, 0.25) is 0 Å². The average molecular weight is 268 g/mol. The predicted molar refractivity (Wildman–Crippen MR) is 61.8 cm³/mol. The molecule has 2 rings (SSSR count). The van der Waals surface area contributed by atoms with E-state index in [1.165, 1.54) is 18.4 Å². The summed E-state index contributed by atoms with van der Waals surface area (Å²) >= 11 is 0.935. The Kier molecular flexibility index (Phi) is 3.28. The Morgan fingerprint density at radius 3 is 2.82 bits per heavy atom. The third kappa shape index (κ3) is 2.74. The minimum Gasteiger partial charge on any atom is -0.468 e. The number of sulfonamides is 1. The molecule has 17 heavy (non-hydrogen) atoms. The van der Waals surface area contributed by atoms with Crippen molar-refractivity contribution in [3.8, 4) is 6.07 Å². The highest BCUT2D eigenvalue weighted by molar-refractivity contribution is 7.91. The Labute approximate surface area is 102 Å². The van der Waals surface area contributed by atoms with Crippen LogP contribution in [-0.4, -0.2) is 8.42 Å². The lowest BCUT2D eigenvalue weighted by Crippen LogP contribution is -2.22. The first-order valence-corrected chi connectivity index (χ1v) is 6.94. The van der Waals surface area contributed by atoms with E-state index in [4.69, 9.17) is 9.68 Å². The maximum Gasteiger partial charge on any atom is 0.250 e. The van der Waals surface area contributed by atoms with Crippen LogP contribution >= 0.6 is 11.3 Å². The quantitative estimate of drug-likeness (QED) is 0.914. The van der Waals surface area contributed by atoms with E-state index in [1.807, 2.05) is 6.07 Å². The van der Waals surface area contributed by atoms with Gasteiger partial charge >= 0.3 is 0 Å². The summed E-state index contributed by atoms with van der Waals surface area (Å²) in [4.78, 5) is 0.364. The van der Waals surface area contributed by atoms with Crippen molar-refractivity contribution < 1.29 is 12.8 Å². The van der Waals surface area contributed by atoms with Gasteiger partial charge in [-0.15, -0.1) is 11.3 Å². The smallest absolute Gasteiger partial charge is 0.250 e. The lowest BCUT2D eigenvalue weighted by molar-refractivity contribution is 0.499. The van der Waals surface area contributed by atoms with Gasteiger partial charge in [-0.05, 0) is 24.3 Å². The first kappa shape index (κ1) is 11.9. The number of thiophene rings is 1. The fourth-order valence-corrected chi connectivity index (χ4v) is 3.32. The van der Waals surface area contributed by atoms with Gasteiger partial charge in [0, 0.05) is 0 Å². The molecule has 0 saturated carbocycles. The predicted octanol–water partition coefficient (Wildman–Crippen LogP) is 1.69. The lowest BCUT2D eigenvalue weighted by atomic mass is 10.5. The molecule has 0 aliphatic rings. The van der Waals surface area contributed by atoms with Crippen molar-refractivity contribution in [2.45, 2.75) is 10.8 Å². The van der Waals surface area contributed by atoms with Gasteiger partial charge in [-0.3, -0.25) is 0 Å². The summed E-state index contributed by atoms with van der Waals surface area (Å²) in [5.41, 5.74) is 0. The number of hydrogen-bond acceptors (Lipinski definition) is 5. The Morgan fingerprint density at radius 2 is 2.24 bits per heavy atom. The summed E-state index contributed by atoms with van der Waals surface area (Å²) in [5, 5.41) is 8.63. The SMILES string of the molecule is N#Cc1ccc(S(=O)(=O)NCc2ccco2)s1. The van der Waals surface area contributed by atoms with Gasteiger partial charge in [0.25, 0.3) is 10.0 Å². The Hall–Kier alpha value is -1.62. The third-order valence-electron chi connectivity index (χ3n) is 1.97. The zero-order chi connectivity index (χ0) is 12.3. The maximum absolute atomic E-state index is 11.8. The van der Waals surface area contributed by atoms with Gasteiger partial charge in [0.1, 0.15) is 20.9 Å². The molecule has 0 bridgehead atoms. The molecule has 0 aromatic carbocycles. The van der Waals surface area contributed by atoms with E-state index in [1.54, 1.807) is 12.1 Å². The highest BCUT2D eigenvalue weighted by Crippen LogP contribution is 2.20. The zero-order valence-corrected chi connectivity index (χ0v) is 10.2. The number of hydrogen-bond donors (Lipinski definition) is 1. The molecule has 7 heteroatoms. The highest BCUT2D eigenvalue weighted by atomic mass is 32.2. The van der Waals surface area contributed by atoms with Crippen molar-refractivity contribution in [1.82, 2.24) is 4.72 Å².